The molecule has 0 fully saturated rings. The summed E-state index contributed by atoms with van der Waals surface area (Å²) in [4.78, 5) is 3.94. The zero-order valence-corrected chi connectivity index (χ0v) is 7.83. The maximum atomic E-state index is 4.07. The fourth-order valence-electron chi connectivity index (χ4n) is 1.05. The zero-order chi connectivity index (χ0) is 9.80. The molecule has 0 saturated carbocycles. The van der Waals surface area contributed by atoms with Crippen LogP contribution < -0.4 is 0 Å². The molecule has 0 atom stereocenters. The number of hydrogen-bond donors (Lipinski definition) is 0. The van der Waals surface area contributed by atoms with E-state index in [2.05, 4.69) is 15.2 Å². The van der Waals surface area contributed by atoms with E-state index in [0.717, 1.165) is 11.5 Å². The fourth-order valence-corrected chi connectivity index (χ4v) is 1.05. The highest BCUT2D eigenvalue weighted by atomic mass is 15.2. The van der Waals surface area contributed by atoms with E-state index in [4.69, 9.17) is 0 Å². The summed E-state index contributed by atoms with van der Waals surface area (Å²) in [5.74, 6) is 0.744. The summed E-state index contributed by atoms with van der Waals surface area (Å²) in [6.07, 6.45) is 3.37. The van der Waals surface area contributed by atoms with Gasteiger partial charge < -0.3 is 4.57 Å². The van der Waals surface area contributed by atoms with E-state index in [1.807, 2.05) is 41.9 Å². The van der Waals surface area contributed by atoms with Crippen LogP contribution in [0.2, 0.25) is 0 Å². The predicted molar refractivity (Wildman–Crippen MR) is 53.8 cm³/mol. The van der Waals surface area contributed by atoms with E-state index < -0.39 is 0 Å². The molecule has 0 aliphatic heterocycles. The maximum Gasteiger partial charge on any atom is 0.174 e. The third-order valence-corrected chi connectivity index (χ3v) is 1.82. The summed E-state index contributed by atoms with van der Waals surface area (Å²) in [5.41, 5.74) is 0.841. The fraction of sp³-hybridized carbons (Fsp3) is 0.100. The summed E-state index contributed by atoms with van der Waals surface area (Å²) < 4.78 is 1.81. The molecular formula is C10H10N4. The normalized spacial score (nSPS) is 10.9. The van der Waals surface area contributed by atoms with Crippen LogP contribution in [-0.2, 0) is 7.05 Å². The molecule has 0 amide bonds. The van der Waals surface area contributed by atoms with Crippen LogP contribution in [0.15, 0.2) is 53.1 Å². The molecule has 2 aromatic rings. The van der Waals surface area contributed by atoms with E-state index in [9.17, 15) is 0 Å². The van der Waals surface area contributed by atoms with Crippen molar-refractivity contribution in [2.45, 2.75) is 0 Å². The van der Waals surface area contributed by atoms with Gasteiger partial charge >= 0.3 is 0 Å². The molecule has 0 N–H and O–H groups in total. The van der Waals surface area contributed by atoms with Gasteiger partial charge in [0.05, 0.1) is 18.2 Å². The molecule has 70 valence electrons. The third kappa shape index (κ3) is 1.85. The molecule has 1 heterocycles. The van der Waals surface area contributed by atoms with Gasteiger partial charge in [-0.05, 0) is 12.1 Å². The molecule has 1 aromatic carbocycles. The van der Waals surface area contributed by atoms with Gasteiger partial charge in [0.1, 0.15) is 0 Å². The van der Waals surface area contributed by atoms with Crippen LogP contribution in [0.5, 0.6) is 0 Å². The molecule has 14 heavy (non-hydrogen) atoms. The Labute approximate surface area is 81.9 Å². The number of nitrogens with zero attached hydrogens (tertiary/aromatic N) is 4. The highest BCUT2D eigenvalue weighted by Gasteiger charge is 1.93. The molecule has 2 rings (SSSR count). The summed E-state index contributed by atoms with van der Waals surface area (Å²) >= 11 is 0. The van der Waals surface area contributed by atoms with Crippen LogP contribution >= 0.6 is 0 Å². The Bertz CT molecular complexity index is 430. The number of aromatic nitrogens is 2. The van der Waals surface area contributed by atoms with E-state index in [1.54, 1.807) is 12.5 Å². The van der Waals surface area contributed by atoms with Crippen molar-refractivity contribution in [1.82, 2.24) is 9.55 Å². The van der Waals surface area contributed by atoms with Gasteiger partial charge in [-0.1, -0.05) is 18.2 Å². The first-order chi connectivity index (χ1) is 6.86. The number of aryl methyl sites for hydroxylation is 1. The van der Waals surface area contributed by atoms with E-state index in [-0.39, 0.29) is 0 Å². The van der Waals surface area contributed by atoms with Crippen molar-refractivity contribution < 1.29 is 0 Å². The lowest BCUT2D eigenvalue weighted by Crippen LogP contribution is -1.80. The Balaban J connectivity index is 2.20. The SMILES string of the molecule is Cn1cncc1N=Nc1ccccc1. The second-order valence-corrected chi connectivity index (χ2v) is 2.90. The summed E-state index contributed by atoms with van der Waals surface area (Å²) in [6, 6.07) is 9.61. The topological polar surface area (TPSA) is 42.5 Å². The molecule has 0 spiro atoms. The van der Waals surface area contributed by atoms with Gasteiger partial charge in [-0.2, -0.15) is 0 Å². The summed E-state index contributed by atoms with van der Waals surface area (Å²) in [5, 5.41) is 8.14. The molecular weight excluding hydrogens is 176 g/mol. The first kappa shape index (κ1) is 8.62. The third-order valence-electron chi connectivity index (χ3n) is 1.82. The molecule has 0 aliphatic rings. The molecule has 1 aromatic heterocycles. The molecule has 0 unspecified atom stereocenters. The quantitative estimate of drug-likeness (QED) is 0.665. The number of azo groups is 1. The maximum absolute atomic E-state index is 4.07. The smallest absolute Gasteiger partial charge is 0.174 e. The average Bonchev–Trinajstić information content (AvgIpc) is 2.63. The second kappa shape index (κ2) is 3.83. The molecule has 0 bridgehead atoms. The van der Waals surface area contributed by atoms with Crippen molar-refractivity contribution in [1.29, 1.82) is 0 Å². The lowest BCUT2D eigenvalue weighted by molar-refractivity contribution is 0.899. The first-order valence-electron chi connectivity index (χ1n) is 4.29. The highest BCUT2D eigenvalue weighted by Crippen LogP contribution is 2.15. The van der Waals surface area contributed by atoms with Crippen molar-refractivity contribution in [3.8, 4) is 0 Å². The van der Waals surface area contributed by atoms with Crippen molar-refractivity contribution in [2.24, 2.45) is 17.3 Å². The lowest BCUT2D eigenvalue weighted by Gasteiger charge is -1.92. The van der Waals surface area contributed by atoms with Crippen LogP contribution in [0.4, 0.5) is 11.5 Å². The summed E-state index contributed by atoms with van der Waals surface area (Å²) in [6.45, 7) is 0. The van der Waals surface area contributed by atoms with Crippen LogP contribution in [0, 0.1) is 0 Å². The monoisotopic (exact) mass is 186 g/mol. The van der Waals surface area contributed by atoms with E-state index in [1.165, 1.54) is 0 Å². The number of rotatable bonds is 2. The van der Waals surface area contributed by atoms with Gasteiger partial charge in [0.25, 0.3) is 0 Å². The van der Waals surface area contributed by atoms with Crippen molar-refractivity contribution in [3.05, 3.63) is 42.9 Å². The minimum Gasteiger partial charge on any atom is -0.317 e. The van der Waals surface area contributed by atoms with Gasteiger partial charge in [-0.3, -0.25) is 0 Å². The number of benzene rings is 1. The molecule has 0 radical (unpaired) electrons. The van der Waals surface area contributed by atoms with Gasteiger partial charge in [0, 0.05) is 7.05 Å². The Morgan fingerprint density at radius 3 is 2.57 bits per heavy atom. The van der Waals surface area contributed by atoms with Crippen molar-refractivity contribution >= 4 is 11.5 Å². The molecule has 4 heteroatoms. The van der Waals surface area contributed by atoms with Crippen molar-refractivity contribution in [3.63, 3.8) is 0 Å². The van der Waals surface area contributed by atoms with Gasteiger partial charge in [0.15, 0.2) is 5.82 Å². The van der Waals surface area contributed by atoms with Gasteiger partial charge in [-0.15, -0.1) is 10.2 Å². The molecule has 0 aliphatic carbocycles. The van der Waals surface area contributed by atoms with Gasteiger partial charge in [-0.25, -0.2) is 4.98 Å². The highest BCUT2D eigenvalue weighted by molar-refractivity contribution is 5.36. The number of hydrogen-bond acceptors (Lipinski definition) is 3. The second-order valence-electron chi connectivity index (χ2n) is 2.90. The Morgan fingerprint density at radius 2 is 1.93 bits per heavy atom. The van der Waals surface area contributed by atoms with Crippen molar-refractivity contribution in [2.75, 3.05) is 0 Å². The average molecular weight is 186 g/mol. The Kier molecular flexibility index (Phi) is 2.36. The van der Waals surface area contributed by atoms with E-state index in [0.29, 0.717) is 0 Å². The van der Waals surface area contributed by atoms with Crippen LogP contribution in [0.3, 0.4) is 0 Å². The zero-order valence-electron chi connectivity index (χ0n) is 7.83. The van der Waals surface area contributed by atoms with Gasteiger partial charge in [0.2, 0.25) is 0 Å². The minimum atomic E-state index is 0.744. The largest absolute Gasteiger partial charge is 0.317 e. The predicted octanol–water partition coefficient (Wildman–Crippen LogP) is 2.84. The molecule has 0 saturated heterocycles. The minimum absolute atomic E-state index is 0.744. The first-order valence-corrected chi connectivity index (χ1v) is 4.29. The van der Waals surface area contributed by atoms with E-state index >= 15 is 0 Å². The summed E-state index contributed by atoms with van der Waals surface area (Å²) in [7, 11) is 1.88. The number of imidazole rings is 1. The molecule has 4 nitrogen and oxygen atoms in total. The Hall–Kier alpha value is -1.97. The standard InChI is InChI=1S/C10H10N4/c1-14-8-11-7-10(14)13-12-9-5-3-2-4-6-9/h2-8H,1H3. The van der Waals surface area contributed by atoms with Crippen LogP contribution in [-0.4, -0.2) is 9.55 Å². The Morgan fingerprint density at radius 1 is 1.14 bits per heavy atom. The van der Waals surface area contributed by atoms with Crippen LogP contribution in [0.25, 0.3) is 0 Å². The lowest BCUT2D eigenvalue weighted by atomic mass is 10.3. The van der Waals surface area contributed by atoms with Crippen LogP contribution in [0.1, 0.15) is 0 Å².